The first-order valence-corrected chi connectivity index (χ1v) is 7.66. The molecule has 1 aliphatic heterocycles. The minimum absolute atomic E-state index is 0.00890. The van der Waals surface area contributed by atoms with Crippen LogP contribution in [0.25, 0.3) is 0 Å². The van der Waals surface area contributed by atoms with Crippen molar-refractivity contribution in [3.63, 3.8) is 0 Å². The van der Waals surface area contributed by atoms with Crippen molar-refractivity contribution >= 4 is 17.2 Å². The molecule has 0 bridgehead atoms. The normalized spacial score (nSPS) is 21.7. The van der Waals surface area contributed by atoms with E-state index in [1.54, 1.807) is 28.9 Å². The Labute approximate surface area is 126 Å². The molecule has 0 spiro atoms. The van der Waals surface area contributed by atoms with Gasteiger partial charge in [-0.2, -0.15) is 0 Å². The van der Waals surface area contributed by atoms with E-state index in [1.165, 1.54) is 11.3 Å². The minimum atomic E-state index is -0.532. The van der Waals surface area contributed by atoms with Crippen LogP contribution >= 0.6 is 11.3 Å². The number of likely N-dealkylation sites (tertiary alicyclic amines) is 1. The summed E-state index contributed by atoms with van der Waals surface area (Å²) in [7, 11) is 0. The molecule has 2 atom stereocenters. The van der Waals surface area contributed by atoms with Crippen LogP contribution in [0.5, 0.6) is 0 Å². The van der Waals surface area contributed by atoms with Gasteiger partial charge in [0.1, 0.15) is 5.69 Å². The number of amides is 1. The van der Waals surface area contributed by atoms with Gasteiger partial charge in [-0.1, -0.05) is 0 Å². The highest BCUT2D eigenvalue weighted by Crippen LogP contribution is 2.22. The molecule has 1 aliphatic rings. The number of aliphatic hydroxyl groups is 1. The van der Waals surface area contributed by atoms with Crippen molar-refractivity contribution in [3.05, 3.63) is 40.4 Å². The number of hydrogen-bond donors (Lipinski definition) is 1. The van der Waals surface area contributed by atoms with E-state index in [0.29, 0.717) is 25.2 Å². The molecule has 3 heterocycles. The first kappa shape index (κ1) is 14.1. The third-order valence-corrected chi connectivity index (χ3v) is 4.39. The van der Waals surface area contributed by atoms with Crippen LogP contribution < -0.4 is 0 Å². The Balaban J connectivity index is 1.67. The molecule has 0 aromatic carbocycles. The number of hydrogen-bond acceptors (Lipinski definition) is 6. The van der Waals surface area contributed by atoms with Gasteiger partial charge in [0.15, 0.2) is 0 Å². The van der Waals surface area contributed by atoms with Gasteiger partial charge >= 0.3 is 0 Å². The van der Waals surface area contributed by atoms with Gasteiger partial charge in [0, 0.05) is 43.0 Å². The van der Waals surface area contributed by atoms with Crippen molar-refractivity contribution in [3.8, 4) is 0 Å². The van der Waals surface area contributed by atoms with E-state index in [9.17, 15) is 9.90 Å². The molecule has 0 unspecified atom stereocenters. The predicted molar refractivity (Wildman–Crippen MR) is 78.0 cm³/mol. The lowest BCUT2D eigenvalue weighted by Crippen LogP contribution is -2.29. The van der Waals surface area contributed by atoms with Crippen molar-refractivity contribution in [2.45, 2.75) is 19.4 Å². The molecular weight excluding hydrogens is 288 g/mol. The molecule has 6 nitrogen and oxygen atoms in total. The summed E-state index contributed by atoms with van der Waals surface area (Å²) in [5, 5.41) is 12.8. The van der Waals surface area contributed by atoms with E-state index in [1.807, 2.05) is 6.92 Å². The third-order valence-electron chi connectivity index (χ3n) is 3.62. The Morgan fingerprint density at radius 2 is 2.33 bits per heavy atom. The Bertz CT molecular complexity index is 631. The van der Waals surface area contributed by atoms with Gasteiger partial charge in [0.05, 0.1) is 16.8 Å². The molecule has 1 saturated heterocycles. The van der Waals surface area contributed by atoms with Gasteiger partial charge in [-0.25, -0.2) is 4.98 Å². The van der Waals surface area contributed by atoms with Crippen LogP contribution in [0.2, 0.25) is 0 Å². The number of carbonyl (C=O) groups excluding carboxylic acids is 1. The van der Waals surface area contributed by atoms with Gasteiger partial charge < -0.3 is 10.0 Å². The second kappa shape index (κ2) is 5.87. The van der Waals surface area contributed by atoms with Gasteiger partial charge in [-0.3, -0.25) is 14.8 Å². The van der Waals surface area contributed by atoms with E-state index in [-0.39, 0.29) is 11.8 Å². The van der Waals surface area contributed by atoms with Gasteiger partial charge in [-0.05, 0) is 13.3 Å². The maximum Gasteiger partial charge on any atom is 0.273 e. The first-order valence-electron chi connectivity index (χ1n) is 6.78. The zero-order valence-electron chi connectivity index (χ0n) is 11.6. The summed E-state index contributed by atoms with van der Waals surface area (Å²) in [4.78, 5) is 26.5. The molecule has 21 heavy (non-hydrogen) atoms. The quantitative estimate of drug-likeness (QED) is 0.912. The Morgan fingerprint density at radius 3 is 3.00 bits per heavy atom. The lowest BCUT2D eigenvalue weighted by Gasteiger charge is -2.14. The average molecular weight is 304 g/mol. The van der Waals surface area contributed by atoms with Crippen molar-refractivity contribution in [2.24, 2.45) is 5.92 Å². The van der Waals surface area contributed by atoms with Crippen LogP contribution in [0.3, 0.4) is 0 Å². The van der Waals surface area contributed by atoms with E-state index >= 15 is 0 Å². The molecule has 0 radical (unpaired) electrons. The molecule has 1 fully saturated rings. The molecule has 7 heteroatoms. The van der Waals surface area contributed by atoms with Gasteiger partial charge in [-0.15, -0.1) is 11.3 Å². The zero-order chi connectivity index (χ0) is 14.8. The maximum absolute atomic E-state index is 12.3. The van der Waals surface area contributed by atoms with Crippen LogP contribution in [0.15, 0.2) is 24.0 Å². The van der Waals surface area contributed by atoms with Gasteiger partial charge in [0.2, 0.25) is 0 Å². The largest absolute Gasteiger partial charge is 0.391 e. The fourth-order valence-corrected chi connectivity index (χ4v) is 3.13. The molecule has 110 valence electrons. The Hall–Kier alpha value is -1.86. The summed E-state index contributed by atoms with van der Waals surface area (Å²) in [5.74, 6) is -0.120. The van der Waals surface area contributed by atoms with Crippen LogP contribution in [-0.2, 0) is 6.42 Å². The van der Waals surface area contributed by atoms with Crippen LogP contribution in [0, 0.1) is 12.8 Å². The predicted octanol–water partition coefficient (Wildman–Crippen LogP) is 0.917. The topological polar surface area (TPSA) is 79.2 Å². The average Bonchev–Trinajstić information content (AvgIpc) is 3.06. The summed E-state index contributed by atoms with van der Waals surface area (Å²) in [6.45, 7) is 2.74. The molecular formula is C14H16N4O2S. The number of aryl methyl sites for hydroxylation is 1. The molecule has 3 rings (SSSR count). The molecule has 0 saturated carbocycles. The first-order chi connectivity index (χ1) is 10.1. The summed E-state index contributed by atoms with van der Waals surface area (Å²) in [6, 6.07) is 0. The van der Waals surface area contributed by atoms with Crippen LogP contribution in [0.1, 0.15) is 21.2 Å². The lowest BCUT2D eigenvalue weighted by atomic mass is 10.0. The fourth-order valence-electron chi connectivity index (χ4n) is 2.55. The number of carbonyl (C=O) groups is 1. The minimum Gasteiger partial charge on any atom is -0.391 e. The van der Waals surface area contributed by atoms with Crippen molar-refractivity contribution in [1.82, 2.24) is 19.9 Å². The van der Waals surface area contributed by atoms with E-state index < -0.39 is 6.10 Å². The lowest BCUT2D eigenvalue weighted by molar-refractivity contribution is 0.0759. The standard InChI is InChI=1S/C14H16N4O2S/c1-9-17-12(8-21-9)14(20)18-6-10(13(19)7-18)4-11-5-15-2-3-16-11/h2-3,5,8,10,13,19H,4,6-7H2,1H3/t10-,13-/m1/s1. The second-order valence-corrected chi connectivity index (χ2v) is 6.25. The maximum atomic E-state index is 12.3. The molecule has 1 N–H and O–H groups in total. The number of aliphatic hydroxyl groups excluding tert-OH is 1. The van der Waals surface area contributed by atoms with Crippen molar-refractivity contribution in [2.75, 3.05) is 13.1 Å². The molecule has 2 aromatic rings. The monoisotopic (exact) mass is 304 g/mol. The number of β-amino-alcohol motifs (C(OH)–C–C–N with tert-alkyl or cyclic N) is 1. The zero-order valence-corrected chi connectivity index (χ0v) is 12.5. The molecule has 0 aliphatic carbocycles. The third kappa shape index (κ3) is 3.08. The van der Waals surface area contributed by atoms with Crippen molar-refractivity contribution in [1.29, 1.82) is 0 Å². The number of rotatable bonds is 3. The summed E-state index contributed by atoms with van der Waals surface area (Å²) < 4.78 is 0. The van der Waals surface area contributed by atoms with E-state index in [2.05, 4.69) is 15.0 Å². The van der Waals surface area contributed by atoms with E-state index in [0.717, 1.165) is 10.7 Å². The highest BCUT2D eigenvalue weighted by molar-refractivity contribution is 7.09. The molecule has 2 aromatic heterocycles. The Kier molecular flexibility index (Phi) is 3.94. The fraction of sp³-hybridized carbons (Fsp3) is 0.429. The highest BCUT2D eigenvalue weighted by atomic mass is 32.1. The summed E-state index contributed by atoms with van der Waals surface area (Å²) in [5.41, 5.74) is 1.30. The summed E-state index contributed by atoms with van der Waals surface area (Å²) >= 11 is 1.46. The summed E-state index contributed by atoms with van der Waals surface area (Å²) in [6.07, 6.45) is 5.04. The van der Waals surface area contributed by atoms with E-state index in [4.69, 9.17) is 0 Å². The number of aromatic nitrogens is 3. The number of thiazole rings is 1. The highest BCUT2D eigenvalue weighted by Gasteiger charge is 2.35. The second-order valence-electron chi connectivity index (χ2n) is 5.19. The SMILES string of the molecule is Cc1nc(C(=O)N2C[C@@H](Cc3cnccn3)[C@H](O)C2)cs1. The van der Waals surface area contributed by atoms with Gasteiger partial charge in [0.25, 0.3) is 5.91 Å². The van der Waals surface area contributed by atoms with Crippen LogP contribution in [-0.4, -0.2) is 50.1 Å². The molecule has 1 amide bonds. The smallest absolute Gasteiger partial charge is 0.273 e. The number of nitrogens with zero attached hydrogens (tertiary/aromatic N) is 4. The van der Waals surface area contributed by atoms with Crippen molar-refractivity contribution < 1.29 is 9.90 Å². The van der Waals surface area contributed by atoms with Crippen LogP contribution in [0.4, 0.5) is 0 Å². The Morgan fingerprint density at radius 1 is 1.48 bits per heavy atom.